The highest BCUT2D eigenvalue weighted by atomic mass is 19.4. The minimum absolute atomic E-state index is 0.0365. The van der Waals surface area contributed by atoms with Gasteiger partial charge < -0.3 is 9.64 Å². The molecule has 0 spiro atoms. The van der Waals surface area contributed by atoms with Gasteiger partial charge in [0.1, 0.15) is 6.10 Å². The number of alkyl halides is 3. The Kier molecular flexibility index (Phi) is 6.83. The third-order valence-electron chi connectivity index (χ3n) is 5.97. The lowest BCUT2D eigenvalue weighted by atomic mass is 9.79. The predicted molar refractivity (Wildman–Crippen MR) is 99.8 cm³/mol. The quantitative estimate of drug-likeness (QED) is 0.671. The first-order chi connectivity index (χ1) is 13.4. The van der Waals surface area contributed by atoms with Gasteiger partial charge in [-0.2, -0.15) is 13.2 Å². The maximum absolute atomic E-state index is 12.8. The third-order valence-corrected chi connectivity index (χ3v) is 5.97. The van der Waals surface area contributed by atoms with Gasteiger partial charge in [-0.3, -0.25) is 4.79 Å². The fourth-order valence-electron chi connectivity index (χ4n) is 4.29. The normalized spacial score (nSPS) is 25.7. The highest BCUT2D eigenvalue weighted by Crippen LogP contribution is 2.34. The van der Waals surface area contributed by atoms with Gasteiger partial charge in [0.2, 0.25) is 11.8 Å². The molecule has 0 bridgehead atoms. The van der Waals surface area contributed by atoms with Gasteiger partial charge in [0.25, 0.3) is 0 Å². The second kappa shape index (κ2) is 9.14. The summed E-state index contributed by atoms with van der Waals surface area (Å²) in [4.78, 5) is 18.5. The van der Waals surface area contributed by atoms with Crippen molar-refractivity contribution in [3.63, 3.8) is 0 Å². The molecule has 1 aromatic heterocycles. The topological polar surface area (TPSA) is 42.4 Å². The molecule has 7 heteroatoms. The number of likely N-dealkylation sites (tertiary alicyclic amines) is 1. The Morgan fingerprint density at radius 2 is 2.00 bits per heavy atom. The van der Waals surface area contributed by atoms with E-state index in [0.29, 0.717) is 19.5 Å². The molecule has 1 atom stereocenters. The predicted octanol–water partition coefficient (Wildman–Crippen LogP) is 5.08. The van der Waals surface area contributed by atoms with Crippen molar-refractivity contribution in [2.45, 2.75) is 70.6 Å². The lowest BCUT2D eigenvalue weighted by Gasteiger charge is -2.30. The van der Waals surface area contributed by atoms with Crippen LogP contribution in [0.25, 0.3) is 0 Å². The van der Waals surface area contributed by atoms with Crippen molar-refractivity contribution in [1.82, 2.24) is 9.88 Å². The van der Waals surface area contributed by atoms with Crippen LogP contribution in [0.4, 0.5) is 13.2 Å². The molecule has 0 N–H and O–H groups in total. The Morgan fingerprint density at radius 3 is 2.68 bits per heavy atom. The van der Waals surface area contributed by atoms with Crippen molar-refractivity contribution in [2.24, 2.45) is 11.8 Å². The molecule has 2 aliphatic rings. The number of unbranched alkanes of at least 4 members (excludes halogenated alkanes) is 1. The largest absolute Gasteiger partial charge is 0.472 e. The van der Waals surface area contributed by atoms with E-state index in [9.17, 15) is 18.0 Å². The molecule has 1 unspecified atom stereocenters. The smallest absolute Gasteiger partial charge is 0.416 e. The SMILES string of the molecule is CCCCC1CCC(C(=O)N2CCC(Oc3cc(C(F)(F)F)ccn3)C2)CC1. The number of aromatic nitrogens is 1. The number of amides is 1. The maximum atomic E-state index is 12.8. The lowest BCUT2D eigenvalue weighted by molar-refractivity contribution is -0.137. The number of pyridine rings is 1. The van der Waals surface area contributed by atoms with Crippen molar-refractivity contribution < 1.29 is 22.7 Å². The number of hydrogen-bond donors (Lipinski definition) is 0. The van der Waals surface area contributed by atoms with Gasteiger partial charge in [-0.25, -0.2) is 4.98 Å². The summed E-state index contributed by atoms with van der Waals surface area (Å²) >= 11 is 0. The van der Waals surface area contributed by atoms with Gasteiger partial charge in [-0.05, 0) is 37.7 Å². The van der Waals surface area contributed by atoms with Crippen molar-refractivity contribution in [2.75, 3.05) is 13.1 Å². The maximum Gasteiger partial charge on any atom is 0.416 e. The van der Waals surface area contributed by atoms with Crippen molar-refractivity contribution >= 4 is 5.91 Å². The Labute approximate surface area is 164 Å². The average Bonchev–Trinajstić information content (AvgIpc) is 3.14. The molecule has 0 radical (unpaired) electrons. The van der Waals surface area contributed by atoms with Crippen LogP contribution in [0.5, 0.6) is 5.88 Å². The van der Waals surface area contributed by atoms with Crippen molar-refractivity contribution in [3.8, 4) is 5.88 Å². The van der Waals surface area contributed by atoms with E-state index in [1.54, 1.807) is 0 Å². The van der Waals surface area contributed by atoms with Crippen LogP contribution >= 0.6 is 0 Å². The highest BCUT2D eigenvalue weighted by molar-refractivity contribution is 5.79. The zero-order valence-electron chi connectivity index (χ0n) is 16.4. The molecular formula is C21H29F3N2O2. The molecule has 1 amide bonds. The van der Waals surface area contributed by atoms with E-state index < -0.39 is 11.7 Å². The number of hydrogen-bond acceptors (Lipinski definition) is 3. The van der Waals surface area contributed by atoms with Gasteiger partial charge >= 0.3 is 6.18 Å². The van der Waals surface area contributed by atoms with Crippen LogP contribution in [0.1, 0.15) is 63.9 Å². The first-order valence-corrected chi connectivity index (χ1v) is 10.4. The summed E-state index contributed by atoms with van der Waals surface area (Å²) in [7, 11) is 0. The van der Waals surface area contributed by atoms with E-state index in [-0.39, 0.29) is 23.8 Å². The number of carbonyl (C=O) groups is 1. The fourth-order valence-corrected chi connectivity index (χ4v) is 4.29. The molecule has 2 heterocycles. The van der Waals surface area contributed by atoms with Gasteiger partial charge in [-0.1, -0.05) is 26.2 Å². The fraction of sp³-hybridized carbons (Fsp3) is 0.714. The van der Waals surface area contributed by atoms with Gasteiger partial charge in [-0.15, -0.1) is 0 Å². The molecular weight excluding hydrogens is 369 g/mol. The Bertz CT molecular complexity index is 657. The minimum atomic E-state index is -4.42. The van der Waals surface area contributed by atoms with Gasteiger partial charge in [0.15, 0.2) is 0 Å². The monoisotopic (exact) mass is 398 g/mol. The summed E-state index contributed by atoms with van der Waals surface area (Å²) in [5, 5.41) is 0. The van der Waals surface area contributed by atoms with Crippen LogP contribution in [0.2, 0.25) is 0 Å². The van der Waals surface area contributed by atoms with Crippen molar-refractivity contribution in [3.05, 3.63) is 23.9 Å². The van der Waals surface area contributed by atoms with Crippen LogP contribution in [-0.4, -0.2) is 35.0 Å². The van der Waals surface area contributed by atoms with Gasteiger partial charge in [0, 0.05) is 31.1 Å². The second-order valence-electron chi connectivity index (χ2n) is 8.05. The van der Waals surface area contributed by atoms with Crippen LogP contribution in [0.15, 0.2) is 18.3 Å². The third kappa shape index (κ3) is 5.39. The summed E-state index contributed by atoms with van der Waals surface area (Å²) in [5.74, 6) is 0.983. The summed E-state index contributed by atoms with van der Waals surface area (Å²) in [6, 6.07) is 1.84. The van der Waals surface area contributed by atoms with E-state index in [2.05, 4.69) is 11.9 Å². The van der Waals surface area contributed by atoms with Crippen LogP contribution in [0.3, 0.4) is 0 Å². The van der Waals surface area contributed by atoms with E-state index in [4.69, 9.17) is 4.74 Å². The summed E-state index contributed by atoms with van der Waals surface area (Å²) < 4.78 is 44.1. The molecule has 1 aliphatic heterocycles. The number of rotatable bonds is 6. The molecule has 1 aromatic rings. The first-order valence-electron chi connectivity index (χ1n) is 10.4. The Morgan fingerprint density at radius 1 is 1.25 bits per heavy atom. The summed E-state index contributed by atoms with van der Waals surface area (Å²) in [6.45, 7) is 3.22. The van der Waals surface area contributed by atoms with Crippen LogP contribution in [0, 0.1) is 11.8 Å². The zero-order valence-corrected chi connectivity index (χ0v) is 16.4. The molecule has 0 aromatic carbocycles. The molecule has 1 aliphatic carbocycles. The first kappa shape index (κ1) is 20.9. The summed E-state index contributed by atoms with van der Waals surface area (Å²) in [6.07, 6.45) is 4.89. The molecule has 4 nitrogen and oxygen atoms in total. The van der Waals surface area contributed by atoms with Crippen LogP contribution in [-0.2, 0) is 11.0 Å². The molecule has 156 valence electrons. The molecule has 1 saturated heterocycles. The number of nitrogens with zero attached hydrogens (tertiary/aromatic N) is 2. The second-order valence-corrected chi connectivity index (χ2v) is 8.05. The highest BCUT2D eigenvalue weighted by Gasteiger charge is 2.35. The van der Waals surface area contributed by atoms with Crippen molar-refractivity contribution in [1.29, 1.82) is 0 Å². The zero-order chi connectivity index (χ0) is 20.1. The van der Waals surface area contributed by atoms with Crippen LogP contribution < -0.4 is 4.74 Å². The van der Waals surface area contributed by atoms with E-state index >= 15 is 0 Å². The average molecular weight is 398 g/mol. The molecule has 2 fully saturated rings. The van der Waals surface area contributed by atoms with E-state index in [1.807, 2.05) is 4.90 Å². The molecule has 1 saturated carbocycles. The van der Waals surface area contributed by atoms with E-state index in [0.717, 1.165) is 49.9 Å². The minimum Gasteiger partial charge on any atom is -0.472 e. The number of halogens is 3. The summed E-state index contributed by atoms with van der Waals surface area (Å²) in [5.41, 5.74) is -0.775. The molecule has 3 rings (SSSR count). The lowest BCUT2D eigenvalue weighted by Crippen LogP contribution is -2.37. The van der Waals surface area contributed by atoms with E-state index in [1.165, 1.54) is 19.3 Å². The standard InChI is InChI=1S/C21H29F3N2O2/c1-2-3-4-15-5-7-16(8-6-15)20(27)26-12-10-18(14-26)28-19-13-17(9-11-25-19)21(22,23)24/h9,11,13,15-16,18H,2-8,10,12,14H2,1H3. The Balaban J connectivity index is 1.48. The number of carbonyl (C=O) groups excluding carboxylic acids is 1. The number of ether oxygens (including phenoxy) is 1. The Hall–Kier alpha value is -1.79. The molecule has 28 heavy (non-hydrogen) atoms. The van der Waals surface area contributed by atoms with Gasteiger partial charge in [0.05, 0.1) is 12.1 Å².